The van der Waals surface area contributed by atoms with Gasteiger partial charge in [0, 0.05) is 5.02 Å². The summed E-state index contributed by atoms with van der Waals surface area (Å²) in [6, 6.07) is 10.9. The smallest absolute Gasteiger partial charge is 0.308 e. The van der Waals surface area contributed by atoms with Crippen molar-refractivity contribution in [1.29, 1.82) is 0 Å². The number of fused-ring (bicyclic) bond motifs is 1. The first-order valence-corrected chi connectivity index (χ1v) is 11.4. The molecule has 0 radical (unpaired) electrons. The number of furan rings is 1. The summed E-state index contributed by atoms with van der Waals surface area (Å²) < 4.78 is 11.7. The number of piperidine rings is 1. The molecule has 0 amide bonds. The van der Waals surface area contributed by atoms with Crippen LogP contribution in [0.5, 0.6) is 5.88 Å². The number of benzene rings is 1. The van der Waals surface area contributed by atoms with Gasteiger partial charge in [-0.25, -0.2) is 0 Å². The van der Waals surface area contributed by atoms with Crippen LogP contribution in [0.15, 0.2) is 47.1 Å². The van der Waals surface area contributed by atoms with Crippen molar-refractivity contribution in [2.75, 3.05) is 20.2 Å². The van der Waals surface area contributed by atoms with Crippen LogP contribution in [0.3, 0.4) is 0 Å². The highest BCUT2D eigenvalue weighted by atomic mass is 35.5. The average molecular weight is 473 g/mol. The molecule has 5 rings (SSSR count). The van der Waals surface area contributed by atoms with Crippen LogP contribution in [0.25, 0.3) is 16.5 Å². The fourth-order valence-corrected chi connectivity index (χ4v) is 5.41. The number of aromatic nitrogens is 3. The number of ether oxygens (including phenoxy) is 1. The van der Waals surface area contributed by atoms with E-state index in [4.69, 9.17) is 20.8 Å². The number of hydrogen-bond donors (Lipinski definition) is 1. The summed E-state index contributed by atoms with van der Waals surface area (Å²) in [4.78, 5) is 20.1. The van der Waals surface area contributed by atoms with E-state index >= 15 is 0 Å². The maximum Gasteiger partial charge on any atom is 0.308 e. The van der Waals surface area contributed by atoms with Gasteiger partial charge in [-0.2, -0.15) is 9.50 Å². The van der Waals surface area contributed by atoms with E-state index in [2.05, 4.69) is 15.0 Å². The summed E-state index contributed by atoms with van der Waals surface area (Å²) in [6.45, 7) is 1.38. The molecule has 1 atom stereocenters. The molecule has 0 saturated carbocycles. The fourth-order valence-electron chi connectivity index (χ4n) is 4.17. The van der Waals surface area contributed by atoms with Crippen LogP contribution < -0.4 is 0 Å². The minimum Gasteiger partial charge on any atom is -0.492 e. The van der Waals surface area contributed by atoms with Crippen molar-refractivity contribution in [1.82, 2.24) is 19.5 Å². The van der Waals surface area contributed by atoms with Gasteiger partial charge in [-0.1, -0.05) is 35.1 Å². The number of aromatic hydroxyl groups is 1. The molecule has 4 heterocycles. The van der Waals surface area contributed by atoms with Gasteiger partial charge in [-0.3, -0.25) is 9.69 Å². The van der Waals surface area contributed by atoms with Gasteiger partial charge >= 0.3 is 5.97 Å². The van der Waals surface area contributed by atoms with E-state index in [0.717, 1.165) is 10.4 Å². The summed E-state index contributed by atoms with van der Waals surface area (Å²) in [5, 5.41) is 16.2. The van der Waals surface area contributed by atoms with Crippen molar-refractivity contribution in [2.24, 2.45) is 5.92 Å². The third-order valence-electron chi connectivity index (χ3n) is 5.80. The lowest BCUT2D eigenvalue weighted by atomic mass is 9.94. The Hall–Kier alpha value is -2.88. The lowest BCUT2D eigenvalue weighted by molar-refractivity contribution is -0.147. The summed E-state index contributed by atoms with van der Waals surface area (Å²) in [7, 11) is 1.43. The number of nitrogens with zero attached hydrogens (tertiary/aromatic N) is 4. The number of thiazole rings is 1. The Morgan fingerprint density at radius 2 is 2.03 bits per heavy atom. The molecule has 1 saturated heterocycles. The van der Waals surface area contributed by atoms with Gasteiger partial charge in [0.2, 0.25) is 16.7 Å². The number of rotatable bonds is 5. The highest BCUT2D eigenvalue weighted by Gasteiger charge is 2.34. The lowest BCUT2D eigenvalue weighted by Crippen LogP contribution is -2.39. The maximum atomic E-state index is 12.0. The van der Waals surface area contributed by atoms with Crippen LogP contribution in [-0.4, -0.2) is 50.8 Å². The van der Waals surface area contributed by atoms with Crippen molar-refractivity contribution >= 4 is 33.9 Å². The van der Waals surface area contributed by atoms with Crippen LogP contribution in [0.2, 0.25) is 5.02 Å². The van der Waals surface area contributed by atoms with Crippen molar-refractivity contribution in [3.63, 3.8) is 0 Å². The number of carbonyl (C=O) groups is 1. The van der Waals surface area contributed by atoms with E-state index in [1.807, 2.05) is 24.3 Å². The van der Waals surface area contributed by atoms with Gasteiger partial charge in [-0.15, -0.1) is 5.10 Å². The second kappa shape index (κ2) is 8.57. The molecule has 8 nitrogen and oxygen atoms in total. The van der Waals surface area contributed by atoms with Gasteiger partial charge in [0.25, 0.3) is 0 Å². The van der Waals surface area contributed by atoms with E-state index in [1.54, 1.807) is 18.4 Å². The van der Waals surface area contributed by atoms with Crippen LogP contribution in [-0.2, 0) is 9.53 Å². The molecule has 0 bridgehead atoms. The van der Waals surface area contributed by atoms with Gasteiger partial charge in [0.05, 0.1) is 30.2 Å². The quantitative estimate of drug-likeness (QED) is 0.431. The topological polar surface area (TPSA) is 93.1 Å². The van der Waals surface area contributed by atoms with Crippen molar-refractivity contribution in [2.45, 2.75) is 18.9 Å². The molecule has 1 fully saturated rings. The van der Waals surface area contributed by atoms with Gasteiger partial charge < -0.3 is 14.3 Å². The molecule has 1 N–H and O–H groups in total. The minimum atomic E-state index is -0.216. The maximum absolute atomic E-state index is 12.0. The zero-order valence-electron chi connectivity index (χ0n) is 17.3. The standard InChI is InChI=1S/C22H21ClN4O4S/c1-30-21(29)14-8-10-26(11-9-14)17(13-4-6-15(23)7-5-13)18-20(28)27-22(32-18)24-19(25-27)16-3-2-12-31-16/h2-7,12,14,17,28H,8-11H2,1H3. The van der Waals surface area contributed by atoms with Gasteiger partial charge in [-0.05, 0) is 55.8 Å². The molecule has 1 aliphatic rings. The first kappa shape index (κ1) is 21.0. The Morgan fingerprint density at radius 1 is 1.28 bits per heavy atom. The summed E-state index contributed by atoms with van der Waals surface area (Å²) in [6.07, 6.45) is 2.95. The number of halogens is 1. The van der Waals surface area contributed by atoms with Crippen molar-refractivity contribution < 1.29 is 19.1 Å². The highest BCUT2D eigenvalue weighted by molar-refractivity contribution is 7.17. The largest absolute Gasteiger partial charge is 0.492 e. The molecule has 3 aromatic heterocycles. The van der Waals surface area contributed by atoms with E-state index in [-0.39, 0.29) is 23.8 Å². The zero-order chi connectivity index (χ0) is 22.2. The number of likely N-dealkylation sites (tertiary alicyclic amines) is 1. The molecule has 1 unspecified atom stereocenters. The van der Waals surface area contributed by atoms with E-state index in [9.17, 15) is 9.90 Å². The molecule has 10 heteroatoms. The summed E-state index contributed by atoms with van der Waals surface area (Å²) in [5.74, 6) is 0.741. The van der Waals surface area contributed by atoms with Crippen LogP contribution in [0.1, 0.15) is 29.3 Å². The van der Waals surface area contributed by atoms with Crippen molar-refractivity contribution in [3.8, 4) is 17.5 Å². The van der Waals surface area contributed by atoms with E-state index < -0.39 is 0 Å². The molecule has 1 aliphatic heterocycles. The van der Waals surface area contributed by atoms with Crippen LogP contribution >= 0.6 is 22.9 Å². The third kappa shape index (κ3) is 3.76. The van der Waals surface area contributed by atoms with Crippen molar-refractivity contribution in [3.05, 3.63) is 58.1 Å². The molecule has 32 heavy (non-hydrogen) atoms. The average Bonchev–Trinajstić information content (AvgIpc) is 3.54. The first-order valence-electron chi connectivity index (χ1n) is 10.2. The Bertz CT molecular complexity index is 1230. The fraction of sp³-hybridized carbons (Fsp3) is 0.318. The van der Waals surface area contributed by atoms with E-state index in [1.165, 1.54) is 23.0 Å². The molecule has 0 spiro atoms. The predicted octanol–water partition coefficient (Wildman–Crippen LogP) is 4.38. The monoisotopic (exact) mass is 472 g/mol. The SMILES string of the molecule is COC(=O)C1CCN(C(c2ccc(Cl)cc2)c2sc3nc(-c4ccco4)nn3c2O)CC1. The Balaban J connectivity index is 1.51. The number of esters is 1. The molecular weight excluding hydrogens is 452 g/mol. The Kier molecular flexibility index (Phi) is 5.62. The molecule has 4 aromatic rings. The Morgan fingerprint density at radius 3 is 2.66 bits per heavy atom. The molecular formula is C22H21ClN4O4S. The highest BCUT2D eigenvalue weighted by Crippen LogP contribution is 2.42. The van der Waals surface area contributed by atoms with Crippen LogP contribution in [0, 0.1) is 5.92 Å². The summed E-state index contributed by atoms with van der Waals surface area (Å²) in [5.41, 5.74) is 0.997. The predicted molar refractivity (Wildman–Crippen MR) is 120 cm³/mol. The second-order valence-electron chi connectivity index (χ2n) is 7.68. The van der Waals surface area contributed by atoms with Gasteiger partial charge in [0.1, 0.15) is 0 Å². The molecule has 1 aromatic carbocycles. The first-order chi connectivity index (χ1) is 15.5. The number of hydrogen-bond acceptors (Lipinski definition) is 8. The number of methoxy groups -OCH3 is 1. The second-order valence-corrected chi connectivity index (χ2v) is 9.13. The summed E-state index contributed by atoms with van der Waals surface area (Å²) >= 11 is 7.50. The zero-order valence-corrected chi connectivity index (χ0v) is 18.8. The van der Waals surface area contributed by atoms with Gasteiger partial charge in [0.15, 0.2) is 5.76 Å². The normalized spacial score (nSPS) is 16.4. The lowest BCUT2D eigenvalue weighted by Gasteiger charge is -2.36. The Labute approximate surface area is 193 Å². The third-order valence-corrected chi connectivity index (χ3v) is 7.13. The molecule has 166 valence electrons. The minimum absolute atomic E-state index is 0.0466. The van der Waals surface area contributed by atoms with Crippen LogP contribution in [0.4, 0.5) is 0 Å². The van der Waals surface area contributed by atoms with E-state index in [0.29, 0.717) is 47.5 Å². The number of carbonyl (C=O) groups excluding carboxylic acids is 1. The molecule has 0 aliphatic carbocycles.